The summed E-state index contributed by atoms with van der Waals surface area (Å²) in [6.07, 6.45) is 7.36. The number of nitrogens with zero attached hydrogens (tertiary/aromatic N) is 8. The number of likely N-dealkylation sites (tertiary alicyclic amines) is 1. The van der Waals surface area contributed by atoms with E-state index in [9.17, 15) is 14.4 Å². The van der Waals surface area contributed by atoms with Gasteiger partial charge < -0.3 is 24.6 Å². The SMILES string of the molecule is Cc1cc(-c2ncnc3[nH]c(-c4ccc(C5CCN(CC6CCN(c7ccc(N8CCC(=O)NC8=O)cc7)CC6)C5)cn4)cc23)ccc1C(C)NC(=O)c1nc(C(C)(C)C)no1. The van der Waals surface area contributed by atoms with E-state index in [1.807, 2.05) is 65.1 Å². The fourth-order valence-corrected chi connectivity index (χ4v) is 9.04. The molecule has 2 atom stereocenters. The first-order valence-electron chi connectivity index (χ1n) is 21.6. The number of amides is 4. The van der Waals surface area contributed by atoms with E-state index in [-0.39, 0.29) is 29.3 Å². The first-order valence-corrected chi connectivity index (χ1v) is 21.6. The minimum absolute atomic E-state index is 0.0494. The number of benzene rings is 2. The zero-order valence-corrected chi connectivity index (χ0v) is 35.9. The topological polar surface area (TPSA) is 178 Å². The second-order valence-electron chi connectivity index (χ2n) is 18.0. The number of anilines is 2. The number of imide groups is 1. The van der Waals surface area contributed by atoms with E-state index in [0.29, 0.717) is 30.6 Å². The van der Waals surface area contributed by atoms with Gasteiger partial charge in [0, 0.05) is 73.1 Å². The van der Waals surface area contributed by atoms with Crippen molar-refractivity contribution in [1.82, 2.24) is 45.6 Å². The average Bonchev–Trinajstić information content (AvgIpc) is 4.05. The predicted octanol–water partition coefficient (Wildman–Crippen LogP) is 7.32. The number of hydrogen-bond acceptors (Lipinski definition) is 11. The Kier molecular flexibility index (Phi) is 11.1. The van der Waals surface area contributed by atoms with Gasteiger partial charge in [-0.3, -0.25) is 24.8 Å². The van der Waals surface area contributed by atoms with E-state index in [1.165, 1.54) is 11.3 Å². The molecule has 2 aromatic carbocycles. The van der Waals surface area contributed by atoms with Crippen molar-refractivity contribution in [3.63, 3.8) is 0 Å². The summed E-state index contributed by atoms with van der Waals surface area (Å²) in [6, 6.07) is 20.0. The summed E-state index contributed by atoms with van der Waals surface area (Å²) in [6.45, 7) is 15.6. The molecule has 0 spiro atoms. The van der Waals surface area contributed by atoms with Crippen LogP contribution >= 0.6 is 0 Å². The van der Waals surface area contributed by atoms with E-state index < -0.39 is 5.91 Å². The number of aryl methyl sites for hydroxylation is 1. The number of H-pyrrole nitrogens is 1. The number of carbonyl (C=O) groups excluding carboxylic acids is 3. The summed E-state index contributed by atoms with van der Waals surface area (Å²) in [7, 11) is 0. The molecular formula is C47H53N11O4. The Bertz CT molecular complexity index is 2610. The fraction of sp³-hybridized carbons (Fsp3) is 0.404. The highest BCUT2D eigenvalue weighted by Crippen LogP contribution is 2.34. The summed E-state index contributed by atoms with van der Waals surface area (Å²) in [5.41, 5.74) is 9.17. The van der Waals surface area contributed by atoms with Gasteiger partial charge in [-0.25, -0.2) is 14.8 Å². The molecule has 3 N–H and O–H groups in total. The number of aromatic nitrogens is 6. The summed E-state index contributed by atoms with van der Waals surface area (Å²) < 4.78 is 5.25. The lowest BCUT2D eigenvalue weighted by Gasteiger charge is -2.35. The maximum Gasteiger partial charge on any atom is 0.328 e. The highest BCUT2D eigenvalue weighted by molar-refractivity contribution is 6.05. The molecule has 3 saturated heterocycles. The van der Waals surface area contributed by atoms with Crippen LogP contribution in [0.4, 0.5) is 16.2 Å². The van der Waals surface area contributed by atoms with Crippen molar-refractivity contribution in [3.8, 4) is 22.6 Å². The van der Waals surface area contributed by atoms with Crippen molar-refractivity contribution in [2.45, 2.75) is 77.7 Å². The highest BCUT2D eigenvalue weighted by Gasteiger charge is 2.30. The third-order valence-corrected chi connectivity index (χ3v) is 12.6. The molecule has 320 valence electrons. The molecule has 4 aromatic heterocycles. The van der Waals surface area contributed by atoms with E-state index in [4.69, 9.17) is 9.51 Å². The Morgan fingerprint density at radius 2 is 1.73 bits per heavy atom. The lowest BCUT2D eigenvalue weighted by molar-refractivity contribution is -0.120. The maximum absolute atomic E-state index is 12.9. The standard InChI is InChI=1S/C47H53N11O4/c1-28-22-31(6-12-36(28)29(2)51-43(60)44-54-45(55-62-44)47(3,4)5)41-37-23-39(52-42(37)50-27-49-41)38-13-7-32(24-48-38)33-16-18-56(26-33)25-30-14-19-57(20-15-30)34-8-10-35(11-9-34)58-21-17-40(59)53-46(58)61/h6-13,22-24,27,29-30,33H,14-21,25-26H2,1-5H3,(H,51,60)(H,49,50,52)(H,53,59,61). The van der Waals surface area contributed by atoms with Crippen molar-refractivity contribution in [3.05, 3.63) is 102 Å². The van der Waals surface area contributed by atoms with Gasteiger partial charge in [0.2, 0.25) is 5.91 Å². The highest BCUT2D eigenvalue weighted by atomic mass is 16.5. The summed E-state index contributed by atoms with van der Waals surface area (Å²) in [4.78, 5) is 65.3. The average molecular weight is 836 g/mol. The van der Waals surface area contributed by atoms with Crippen LogP contribution in [-0.2, 0) is 10.2 Å². The molecule has 15 nitrogen and oxygen atoms in total. The zero-order valence-electron chi connectivity index (χ0n) is 35.9. The fourth-order valence-electron chi connectivity index (χ4n) is 9.04. The van der Waals surface area contributed by atoms with Crippen molar-refractivity contribution in [2.24, 2.45) is 5.92 Å². The molecule has 6 aromatic rings. The van der Waals surface area contributed by atoms with Gasteiger partial charge in [-0.15, -0.1) is 0 Å². The van der Waals surface area contributed by atoms with Crippen molar-refractivity contribution < 1.29 is 18.9 Å². The van der Waals surface area contributed by atoms with Crippen LogP contribution in [-0.4, -0.2) is 92.1 Å². The summed E-state index contributed by atoms with van der Waals surface area (Å²) >= 11 is 0. The van der Waals surface area contributed by atoms with E-state index in [0.717, 1.165) is 102 Å². The molecule has 3 aliphatic rings. The lowest BCUT2D eigenvalue weighted by Crippen LogP contribution is -2.49. The van der Waals surface area contributed by atoms with Crippen LogP contribution < -0.4 is 20.4 Å². The number of fused-ring (bicyclic) bond motifs is 1. The number of piperidine rings is 1. The molecule has 0 aliphatic carbocycles. The minimum atomic E-state index is -0.411. The molecule has 3 aliphatic heterocycles. The van der Waals surface area contributed by atoms with Crippen molar-refractivity contribution in [1.29, 1.82) is 0 Å². The number of hydrogen-bond donors (Lipinski definition) is 3. The Morgan fingerprint density at radius 1 is 0.935 bits per heavy atom. The van der Waals surface area contributed by atoms with E-state index in [1.54, 1.807) is 11.2 Å². The number of nitrogens with one attached hydrogen (secondary N) is 3. The molecule has 9 rings (SSSR count). The van der Waals surface area contributed by atoms with Crippen LogP contribution in [0.15, 0.2) is 77.7 Å². The zero-order chi connectivity index (χ0) is 43.1. The first kappa shape index (κ1) is 40.9. The van der Waals surface area contributed by atoms with Crippen LogP contribution in [0, 0.1) is 12.8 Å². The molecule has 4 amide bonds. The monoisotopic (exact) mass is 835 g/mol. The molecule has 0 bridgehead atoms. The molecule has 3 fully saturated rings. The summed E-state index contributed by atoms with van der Waals surface area (Å²) in [5.74, 6) is 0.927. The molecule has 7 heterocycles. The van der Waals surface area contributed by atoms with Gasteiger partial charge in [-0.1, -0.05) is 44.1 Å². The number of pyridine rings is 1. The van der Waals surface area contributed by atoms with E-state index >= 15 is 0 Å². The first-order chi connectivity index (χ1) is 29.9. The van der Waals surface area contributed by atoms with Crippen LogP contribution in [0.1, 0.15) is 98.5 Å². The van der Waals surface area contributed by atoms with Crippen LogP contribution in [0.3, 0.4) is 0 Å². The molecule has 15 heteroatoms. The molecule has 62 heavy (non-hydrogen) atoms. The smallest absolute Gasteiger partial charge is 0.328 e. The quantitative estimate of drug-likeness (QED) is 0.126. The predicted molar refractivity (Wildman–Crippen MR) is 237 cm³/mol. The van der Waals surface area contributed by atoms with Crippen molar-refractivity contribution in [2.75, 3.05) is 49.1 Å². The summed E-state index contributed by atoms with van der Waals surface area (Å²) in [5, 5.41) is 10.3. The minimum Gasteiger partial charge on any atom is -0.372 e. The largest absolute Gasteiger partial charge is 0.372 e. The second-order valence-corrected chi connectivity index (χ2v) is 18.0. The van der Waals surface area contributed by atoms with Crippen LogP contribution in [0.5, 0.6) is 0 Å². The third kappa shape index (κ3) is 8.53. The Morgan fingerprint density at radius 3 is 2.44 bits per heavy atom. The Labute approximate surface area is 360 Å². The van der Waals surface area contributed by atoms with Gasteiger partial charge >= 0.3 is 17.8 Å². The van der Waals surface area contributed by atoms with E-state index in [2.05, 4.69) is 81.9 Å². The number of carbonyl (C=O) groups is 3. The Hall–Kier alpha value is -6.48. The van der Waals surface area contributed by atoms with Gasteiger partial charge in [-0.05, 0) is 111 Å². The van der Waals surface area contributed by atoms with Gasteiger partial charge in [-0.2, -0.15) is 4.98 Å². The number of aromatic amines is 1. The van der Waals surface area contributed by atoms with Gasteiger partial charge in [0.25, 0.3) is 0 Å². The Balaban J connectivity index is 0.786. The molecule has 2 unspecified atom stereocenters. The van der Waals surface area contributed by atoms with Crippen molar-refractivity contribution >= 4 is 40.3 Å². The normalized spacial score (nSPS) is 18.4. The van der Waals surface area contributed by atoms with Crippen LogP contribution in [0.25, 0.3) is 33.7 Å². The lowest BCUT2D eigenvalue weighted by atomic mass is 9.95. The number of urea groups is 1. The molecule has 0 saturated carbocycles. The van der Waals surface area contributed by atoms with Gasteiger partial charge in [0.05, 0.1) is 23.1 Å². The molecular weight excluding hydrogens is 783 g/mol. The van der Waals surface area contributed by atoms with Gasteiger partial charge in [0.15, 0.2) is 5.82 Å². The third-order valence-electron chi connectivity index (χ3n) is 12.6. The second kappa shape index (κ2) is 16.8. The van der Waals surface area contributed by atoms with Crippen LogP contribution in [0.2, 0.25) is 0 Å². The number of rotatable bonds is 10. The molecule has 0 radical (unpaired) electrons. The van der Waals surface area contributed by atoms with Gasteiger partial charge in [0.1, 0.15) is 12.0 Å². The maximum atomic E-state index is 12.9.